The number of hydrogen-bond acceptors (Lipinski definition) is 5. The zero-order chi connectivity index (χ0) is 19.5. The number of nitrogens with zero attached hydrogens (tertiary/aromatic N) is 2. The normalized spacial score (nSPS) is 12.5. The Morgan fingerprint density at radius 3 is 2.61 bits per heavy atom. The summed E-state index contributed by atoms with van der Waals surface area (Å²) in [5.74, 6) is 0.815. The van der Waals surface area contributed by atoms with Gasteiger partial charge in [-0.15, -0.1) is 0 Å². The van der Waals surface area contributed by atoms with E-state index >= 15 is 0 Å². The molecule has 0 bridgehead atoms. The molecule has 0 aliphatic carbocycles. The van der Waals surface area contributed by atoms with E-state index in [0.717, 1.165) is 11.3 Å². The lowest BCUT2D eigenvalue weighted by Gasteiger charge is -2.19. The van der Waals surface area contributed by atoms with Crippen molar-refractivity contribution in [3.63, 3.8) is 0 Å². The fourth-order valence-corrected chi connectivity index (χ4v) is 3.00. The molecule has 7 heteroatoms. The first-order chi connectivity index (χ1) is 13.6. The summed E-state index contributed by atoms with van der Waals surface area (Å²) in [6.07, 6.45) is 0. The molecule has 0 unspecified atom stereocenters. The summed E-state index contributed by atoms with van der Waals surface area (Å²) in [6, 6.07) is 16.2. The first-order valence-corrected chi connectivity index (χ1v) is 8.95. The zero-order valence-electron chi connectivity index (χ0n) is 15.3. The Hall–Kier alpha value is -3.61. The summed E-state index contributed by atoms with van der Waals surface area (Å²) in [5, 5.41) is 7.02. The second kappa shape index (κ2) is 7.56. The highest BCUT2D eigenvalue weighted by Gasteiger charge is 2.16. The average molecular weight is 377 g/mol. The van der Waals surface area contributed by atoms with Crippen molar-refractivity contribution in [3.05, 3.63) is 81.8 Å². The molecule has 1 aliphatic rings. The van der Waals surface area contributed by atoms with E-state index in [1.54, 1.807) is 11.6 Å². The lowest BCUT2D eigenvalue weighted by molar-refractivity contribution is 0.0943. The Balaban J connectivity index is 1.54. The van der Waals surface area contributed by atoms with Crippen LogP contribution in [0.5, 0.6) is 11.5 Å². The smallest absolute Gasteiger partial charge is 0.276 e. The lowest BCUT2D eigenvalue weighted by Crippen LogP contribution is -2.31. The van der Waals surface area contributed by atoms with Gasteiger partial charge in [-0.25, -0.2) is 4.68 Å². The van der Waals surface area contributed by atoms with E-state index < -0.39 is 11.3 Å². The Labute approximate surface area is 161 Å². The Bertz CT molecular complexity index is 1080. The van der Waals surface area contributed by atoms with Crippen LogP contribution in [0.2, 0.25) is 0 Å². The van der Waals surface area contributed by atoms with Gasteiger partial charge in [-0.1, -0.05) is 24.3 Å². The largest absolute Gasteiger partial charge is 0.486 e. The number of aryl methyl sites for hydroxylation is 1. The maximum absolute atomic E-state index is 12.6. The fourth-order valence-electron chi connectivity index (χ4n) is 3.00. The standard InChI is InChI=1S/C21H19N3O4/c1-14-11-17(25)20(23-24(14)16-5-3-2-4-6-16)21(26)22-13-15-7-8-18-19(12-15)28-10-9-27-18/h2-8,11-12H,9-10,13H2,1H3,(H,22,26). The molecule has 0 spiro atoms. The van der Waals surface area contributed by atoms with Crippen LogP contribution in [0.3, 0.4) is 0 Å². The Morgan fingerprint density at radius 2 is 1.82 bits per heavy atom. The first kappa shape index (κ1) is 17.8. The molecule has 0 saturated carbocycles. The third-order valence-corrected chi connectivity index (χ3v) is 4.38. The number of nitrogens with one attached hydrogen (secondary N) is 1. The zero-order valence-corrected chi connectivity index (χ0v) is 15.3. The van der Waals surface area contributed by atoms with Crippen molar-refractivity contribution in [2.24, 2.45) is 0 Å². The van der Waals surface area contributed by atoms with E-state index in [4.69, 9.17) is 9.47 Å². The molecule has 0 fully saturated rings. The summed E-state index contributed by atoms with van der Waals surface area (Å²) in [6.45, 7) is 3.04. The van der Waals surface area contributed by atoms with Gasteiger partial charge in [0.05, 0.1) is 5.69 Å². The quantitative estimate of drug-likeness (QED) is 0.754. The van der Waals surface area contributed by atoms with E-state index in [1.165, 1.54) is 6.07 Å². The van der Waals surface area contributed by atoms with Crippen molar-refractivity contribution < 1.29 is 14.3 Å². The highest BCUT2D eigenvalue weighted by molar-refractivity contribution is 5.92. The van der Waals surface area contributed by atoms with Crippen molar-refractivity contribution in [3.8, 4) is 17.2 Å². The highest BCUT2D eigenvalue weighted by atomic mass is 16.6. The fraction of sp³-hybridized carbons (Fsp3) is 0.190. The summed E-state index contributed by atoms with van der Waals surface area (Å²) < 4.78 is 12.6. The van der Waals surface area contributed by atoms with Gasteiger partial charge in [0.2, 0.25) is 5.43 Å². The predicted octanol–water partition coefficient (Wildman–Crippen LogP) is 2.24. The minimum Gasteiger partial charge on any atom is -0.486 e. The first-order valence-electron chi connectivity index (χ1n) is 8.95. The van der Waals surface area contributed by atoms with Crippen LogP contribution in [-0.2, 0) is 6.54 Å². The third-order valence-electron chi connectivity index (χ3n) is 4.38. The van der Waals surface area contributed by atoms with Crippen molar-refractivity contribution >= 4 is 5.91 Å². The monoisotopic (exact) mass is 377 g/mol. The molecule has 2 aromatic carbocycles. The van der Waals surface area contributed by atoms with E-state index in [1.807, 2.05) is 48.5 Å². The summed E-state index contributed by atoms with van der Waals surface area (Å²) in [5.41, 5.74) is 1.71. The molecule has 3 aromatic rings. The number of aromatic nitrogens is 2. The van der Waals surface area contributed by atoms with Gasteiger partial charge in [-0.2, -0.15) is 5.10 Å². The SMILES string of the molecule is Cc1cc(=O)c(C(=O)NCc2ccc3c(c2)OCCO3)nn1-c1ccccc1. The van der Waals surface area contributed by atoms with Crippen LogP contribution >= 0.6 is 0 Å². The molecule has 28 heavy (non-hydrogen) atoms. The molecule has 1 N–H and O–H groups in total. The molecular weight excluding hydrogens is 358 g/mol. The van der Waals surface area contributed by atoms with Crippen LogP contribution in [0.25, 0.3) is 5.69 Å². The summed E-state index contributed by atoms with van der Waals surface area (Å²) in [4.78, 5) is 24.9. The molecular formula is C21H19N3O4. The Morgan fingerprint density at radius 1 is 1.07 bits per heavy atom. The van der Waals surface area contributed by atoms with E-state index in [2.05, 4.69) is 10.4 Å². The van der Waals surface area contributed by atoms with Gasteiger partial charge in [-0.3, -0.25) is 9.59 Å². The molecule has 0 saturated heterocycles. The second-order valence-electron chi connectivity index (χ2n) is 6.41. The van der Waals surface area contributed by atoms with Crippen molar-refractivity contribution in [1.82, 2.24) is 15.1 Å². The van der Waals surface area contributed by atoms with Crippen LogP contribution in [0.1, 0.15) is 21.7 Å². The van der Waals surface area contributed by atoms with Crippen LogP contribution in [-0.4, -0.2) is 28.9 Å². The van der Waals surface area contributed by atoms with Crippen molar-refractivity contribution in [1.29, 1.82) is 0 Å². The number of hydrogen-bond donors (Lipinski definition) is 1. The third kappa shape index (κ3) is 3.59. The van der Waals surface area contributed by atoms with Gasteiger partial charge >= 0.3 is 0 Å². The van der Waals surface area contributed by atoms with Gasteiger partial charge < -0.3 is 14.8 Å². The molecule has 0 radical (unpaired) electrons. The molecule has 142 valence electrons. The molecule has 0 atom stereocenters. The minimum absolute atomic E-state index is 0.146. The van der Waals surface area contributed by atoms with Crippen LogP contribution < -0.4 is 20.2 Å². The number of benzene rings is 2. The van der Waals surface area contributed by atoms with Gasteiger partial charge in [0, 0.05) is 18.3 Å². The maximum atomic E-state index is 12.6. The number of fused-ring (bicyclic) bond motifs is 1. The maximum Gasteiger partial charge on any atom is 0.276 e. The molecule has 1 aromatic heterocycles. The van der Waals surface area contributed by atoms with Gasteiger partial charge in [0.1, 0.15) is 13.2 Å². The number of rotatable bonds is 4. The van der Waals surface area contributed by atoms with Gasteiger partial charge in [0.15, 0.2) is 17.2 Å². The van der Waals surface area contributed by atoms with E-state index in [9.17, 15) is 9.59 Å². The minimum atomic E-state index is -0.524. The molecule has 1 aliphatic heterocycles. The lowest BCUT2D eigenvalue weighted by atomic mass is 10.2. The van der Waals surface area contributed by atoms with Crippen LogP contribution in [0.15, 0.2) is 59.4 Å². The number of para-hydroxylation sites is 1. The van der Waals surface area contributed by atoms with Gasteiger partial charge in [-0.05, 0) is 36.8 Å². The van der Waals surface area contributed by atoms with E-state index in [-0.39, 0.29) is 12.2 Å². The molecule has 1 amide bonds. The van der Waals surface area contributed by atoms with Crippen LogP contribution in [0, 0.1) is 6.92 Å². The summed E-state index contributed by atoms with van der Waals surface area (Å²) in [7, 11) is 0. The number of carbonyl (C=O) groups is 1. The topological polar surface area (TPSA) is 82.5 Å². The number of ether oxygens (including phenoxy) is 2. The number of carbonyl (C=O) groups excluding carboxylic acids is 1. The van der Waals surface area contributed by atoms with Crippen molar-refractivity contribution in [2.45, 2.75) is 13.5 Å². The second-order valence-corrected chi connectivity index (χ2v) is 6.41. The summed E-state index contributed by atoms with van der Waals surface area (Å²) >= 11 is 0. The van der Waals surface area contributed by atoms with Crippen LogP contribution in [0.4, 0.5) is 0 Å². The van der Waals surface area contributed by atoms with Gasteiger partial charge in [0.25, 0.3) is 5.91 Å². The predicted molar refractivity (Wildman–Crippen MR) is 103 cm³/mol. The average Bonchev–Trinajstić information content (AvgIpc) is 2.72. The Kier molecular flexibility index (Phi) is 4.80. The van der Waals surface area contributed by atoms with E-state index in [0.29, 0.717) is 30.4 Å². The van der Waals surface area contributed by atoms with Crippen molar-refractivity contribution in [2.75, 3.05) is 13.2 Å². The number of amides is 1. The molecule has 2 heterocycles. The molecule has 4 rings (SSSR count). The molecule has 7 nitrogen and oxygen atoms in total. The highest BCUT2D eigenvalue weighted by Crippen LogP contribution is 2.30.